The maximum absolute atomic E-state index is 12.1. The number of hydrogen-bond donors (Lipinski definition) is 1. The molecule has 1 atom stereocenters. The summed E-state index contributed by atoms with van der Waals surface area (Å²) in [6, 6.07) is 13.3. The second-order valence-electron chi connectivity index (χ2n) is 5.75. The first-order valence-electron chi connectivity index (χ1n) is 7.91. The van der Waals surface area contributed by atoms with E-state index in [1.165, 1.54) is 0 Å². The largest absolute Gasteiger partial charge is 0.497 e. The van der Waals surface area contributed by atoms with Gasteiger partial charge in [0.25, 0.3) is 0 Å². The summed E-state index contributed by atoms with van der Waals surface area (Å²) >= 11 is 0. The fourth-order valence-corrected chi connectivity index (χ4v) is 2.76. The van der Waals surface area contributed by atoms with Gasteiger partial charge in [0, 0.05) is 12.0 Å². The highest BCUT2D eigenvalue weighted by molar-refractivity contribution is 5.78. The van der Waals surface area contributed by atoms with E-state index >= 15 is 0 Å². The highest BCUT2D eigenvalue weighted by Gasteiger charge is 2.23. The average molecular weight is 327 g/mol. The van der Waals surface area contributed by atoms with Crippen molar-refractivity contribution in [3.8, 4) is 17.2 Å². The Bertz CT molecular complexity index is 712. The van der Waals surface area contributed by atoms with Crippen LogP contribution in [0.25, 0.3) is 0 Å². The SMILES string of the molecule is COc1ccc(CC(=O)NCC2Cc3cc(OC)ccc3O2)cc1. The minimum absolute atomic E-state index is 0.0164. The standard InChI is InChI=1S/C19H21NO4/c1-22-15-5-3-13(4-6-15)9-19(21)20-12-17-11-14-10-16(23-2)7-8-18(14)24-17/h3-8,10,17H,9,11-12H2,1-2H3,(H,20,21). The van der Waals surface area contributed by atoms with Gasteiger partial charge in [0.2, 0.25) is 5.91 Å². The van der Waals surface area contributed by atoms with Crippen LogP contribution >= 0.6 is 0 Å². The number of methoxy groups -OCH3 is 2. The van der Waals surface area contributed by atoms with Crippen LogP contribution in [0.3, 0.4) is 0 Å². The maximum atomic E-state index is 12.1. The second-order valence-corrected chi connectivity index (χ2v) is 5.75. The topological polar surface area (TPSA) is 56.8 Å². The molecule has 0 aliphatic carbocycles. The van der Waals surface area contributed by atoms with Crippen molar-refractivity contribution in [2.75, 3.05) is 20.8 Å². The van der Waals surface area contributed by atoms with Crippen LogP contribution in [0.15, 0.2) is 42.5 Å². The highest BCUT2D eigenvalue weighted by atomic mass is 16.5. The molecule has 0 aromatic heterocycles. The van der Waals surface area contributed by atoms with E-state index in [2.05, 4.69) is 5.32 Å². The molecule has 1 aliphatic heterocycles. The molecule has 5 heteroatoms. The Morgan fingerprint density at radius 3 is 2.54 bits per heavy atom. The molecule has 1 N–H and O–H groups in total. The summed E-state index contributed by atoms with van der Waals surface area (Å²) < 4.78 is 16.2. The van der Waals surface area contributed by atoms with Crippen LogP contribution in [0, 0.1) is 0 Å². The lowest BCUT2D eigenvalue weighted by Crippen LogP contribution is -2.35. The van der Waals surface area contributed by atoms with Crippen molar-refractivity contribution in [3.05, 3.63) is 53.6 Å². The van der Waals surface area contributed by atoms with E-state index in [4.69, 9.17) is 14.2 Å². The third kappa shape index (κ3) is 3.79. The number of carbonyl (C=O) groups excluding carboxylic acids is 1. The zero-order valence-corrected chi connectivity index (χ0v) is 13.9. The van der Waals surface area contributed by atoms with Gasteiger partial charge in [-0.25, -0.2) is 0 Å². The van der Waals surface area contributed by atoms with Gasteiger partial charge < -0.3 is 19.5 Å². The van der Waals surface area contributed by atoms with Gasteiger partial charge in [-0.1, -0.05) is 12.1 Å². The summed E-state index contributed by atoms with van der Waals surface area (Å²) in [7, 11) is 3.27. The number of carbonyl (C=O) groups is 1. The third-order valence-corrected chi connectivity index (χ3v) is 4.06. The first-order chi connectivity index (χ1) is 11.7. The minimum Gasteiger partial charge on any atom is -0.497 e. The molecule has 0 fully saturated rings. The molecule has 24 heavy (non-hydrogen) atoms. The van der Waals surface area contributed by atoms with Crippen LogP contribution in [0.4, 0.5) is 0 Å². The van der Waals surface area contributed by atoms with Crippen molar-refractivity contribution in [1.82, 2.24) is 5.32 Å². The lowest BCUT2D eigenvalue weighted by atomic mass is 10.1. The summed E-state index contributed by atoms with van der Waals surface area (Å²) in [6.45, 7) is 0.492. The van der Waals surface area contributed by atoms with E-state index in [1.807, 2.05) is 42.5 Å². The van der Waals surface area contributed by atoms with Gasteiger partial charge in [-0.15, -0.1) is 0 Å². The van der Waals surface area contributed by atoms with Gasteiger partial charge >= 0.3 is 0 Å². The predicted octanol–water partition coefficient (Wildman–Crippen LogP) is 2.37. The zero-order chi connectivity index (χ0) is 16.9. The number of amides is 1. The molecule has 1 aliphatic rings. The number of hydrogen-bond acceptors (Lipinski definition) is 4. The smallest absolute Gasteiger partial charge is 0.224 e. The molecule has 2 aromatic carbocycles. The normalized spacial score (nSPS) is 15.3. The van der Waals surface area contributed by atoms with Gasteiger partial charge in [0.05, 0.1) is 27.2 Å². The number of benzene rings is 2. The Kier molecular flexibility index (Phi) is 4.89. The van der Waals surface area contributed by atoms with Crippen LogP contribution < -0.4 is 19.5 Å². The summed E-state index contributed by atoms with van der Waals surface area (Å²) in [6.07, 6.45) is 1.08. The van der Waals surface area contributed by atoms with Gasteiger partial charge in [-0.05, 0) is 35.9 Å². The molecule has 2 aromatic rings. The Morgan fingerprint density at radius 2 is 1.83 bits per heavy atom. The Labute approximate surface area is 141 Å². The quantitative estimate of drug-likeness (QED) is 0.885. The Hall–Kier alpha value is -2.69. The summed E-state index contributed by atoms with van der Waals surface area (Å²) in [5.41, 5.74) is 2.07. The number of fused-ring (bicyclic) bond motifs is 1. The van der Waals surface area contributed by atoms with Crippen LogP contribution in [0.2, 0.25) is 0 Å². The zero-order valence-electron chi connectivity index (χ0n) is 13.9. The highest BCUT2D eigenvalue weighted by Crippen LogP contribution is 2.31. The third-order valence-electron chi connectivity index (χ3n) is 4.06. The van der Waals surface area contributed by atoms with Crippen LogP contribution in [-0.2, 0) is 17.6 Å². The van der Waals surface area contributed by atoms with E-state index in [0.717, 1.165) is 34.8 Å². The van der Waals surface area contributed by atoms with Gasteiger partial charge in [0.15, 0.2) is 0 Å². The van der Waals surface area contributed by atoms with Crippen molar-refractivity contribution in [3.63, 3.8) is 0 Å². The summed E-state index contributed by atoms with van der Waals surface area (Å²) in [5.74, 6) is 2.45. The van der Waals surface area contributed by atoms with Crippen molar-refractivity contribution in [2.45, 2.75) is 18.9 Å². The molecule has 5 nitrogen and oxygen atoms in total. The van der Waals surface area contributed by atoms with Crippen LogP contribution in [0.1, 0.15) is 11.1 Å². The van der Waals surface area contributed by atoms with Gasteiger partial charge in [-0.3, -0.25) is 4.79 Å². The van der Waals surface area contributed by atoms with E-state index in [1.54, 1.807) is 14.2 Å². The molecule has 1 heterocycles. The Morgan fingerprint density at radius 1 is 1.12 bits per heavy atom. The van der Waals surface area contributed by atoms with Crippen molar-refractivity contribution < 1.29 is 19.0 Å². The van der Waals surface area contributed by atoms with Gasteiger partial charge in [-0.2, -0.15) is 0 Å². The monoisotopic (exact) mass is 327 g/mol. The summed E-state index contributed by atoms with van der Waals surface area (Å²) in [4.78, 5) is 12.1. The Balaban J connectivity index is 1.48. The molecular formula is C19H21NO4. The first-order valence-corrected chi connectivity index (χ1v) is 7.91. The molecule has 1 unspecified atom stereocenters. The summed E-state index contributed by atoms with van der Waals surface area (Å²) in [5, 5.41) is 2.94. The maximum Gasteiger partial charge on any atom is 0.224 e. The fraction of sp³-hybridized carbons (Fsp3) is 0.316. The first kappa shape index (κ1) is 16.2. The fourth-order valence-electron chi connectivity index (χ4n) is 2.76. The van der Waals surface area contributed by atoms with Crippen molar-refractivity contribution in [2.24, 2.45) is 0 Å². The molecule has 0 spiro atoms. The van der Waals surface area contributed by atoms with Gasteiger partial charge in [0.1, 0.15) is 23.4 Å². The molecule has 0 saturated heterocycles. The van der Waals surface area contributed by atoms with E-state index in [-0.39, 0.29) is 12.0 Å². The second kappa shape index (κ2) is 7.25. The van der Waals surface area contributed by atoms with Crippen LogP contribution in [0.5, 0.6) is 17.2 Å². The lowest BCUT2D eigenvalue weighted by molar-refractivity contribution is -0.120. The molecule has 0 radical (unpaired) electrons. The van der Waals surface area contributed by atoms with E-state index < -0.39 is 0 Å². The number of ether oxygens (including phenoxy) is 3. The molecule has 0 saturated carbocycles. The minimum atomic E-state index is -0.0353. The molecule has 3 rings (SSSR count). The lowest BCUT2D eigenvalue weighted by Gasteiger charge is -2.12. The van der Waals surface area contributed by atoms with E-state index in [0.29, 0.717) is 13.0 Å². The predicted molar refractivity (Wildman–Crippen MR) is 90.8 cm³/mol. The molecule has 0 bridgehead atoms. The average Bonchev–Trinajstić information content (AvgIpc) is 3.02. The molecular weight excluding hydrogens is 306 g/mol. The van der Waals surface area contributed by atoms with E-state index in [9.17, 15) is 4.79 Å². The molecule has 126 valence electrons. The number of nitrogens with one attached hydrogen (secondary N) is 1. The van der Waals surface area contributed by atoms with Crippen LogP contribution in [-0.4, -0.2) is 32.8 Å². The van der Waals surface area contributed by atoms with Crippen molar-refractivity contribution >= 4 is 5.91 Å². The van der Waals surface area contributed by atoms with Crippen molar-refractivity contribution in [1.29, 1.82) is 0 Å². The molecule has 1 amide bonds. The number of rotatable bonds is 6.